The average molecular weight is 942 g/mol. The van der Waals surface area contributed by atoms with Crippen molar-refractivity contribution in [1.29, 1.82) is 0 Å². The number of pyridine rings is 1. The Morgan fingerprint density at radius 1 is 0.750 bits per heavy atom. The number of esters is 2. The van der Waals surface area contributed by atoms with E-state index in [-0.39, 0.29) is 51.0 Å². The van der Waals surface area contributed by atoms with E-state index in [9.17, 15) is 29.1 Å². The van der Waals surface area contributed by atoms with E-state index in [4.69, 9.17) is 26.4 Å². The van der Waals surface area contributed by atoms with Crippen LogP contribution in [0.3, 0.4) is 0 Å². The van der Waals surface area contributed by atoms with Crippen molar-refractivity contribution in [3.8, 4) is 0 Å². The molecule has 354 valence electrons. The van der Waals surface area contributed by atoms with Crippen LogP contribution in [0.25, 0.3) is 0 Å². The van der Waals surface area contributed by atoms with Crippen LogP contribution in [0.2, 0.25) is 0 Å². The molecule has 0 aliphatic carbocycles. The highest BCUT2D eigenvalue weighted by atomic mass is 32.2. The second-order valence-electron chi connectivity index (χ2n) is 16.6. The number of rotatable bonds is 33. The number of carboxylic acid groups (broad SMARTS) is 1. The third-order valence-electron chi connectivity index (χ3n) is 11.4. The molecule has 3 aromatic rings. The summed E-state index contributed by atoms with van der Waals surface area (Å²) in [5.41, 5.74) is 1.64. The monoisotopic (exact) mass is 941 g/mol. The standard InChI is InChI=1S/C49H71N3O9S3/c1-5-7-9-10-11-12-13-14-15-16-30-63-49(62)64-43(47(57)60-27-8-6-2)34-42(46(56)61-29-28-59-4)33-41(32-40(31-36(3)45(54)55)39-21-24-50-25-22-39)38-19-17-37(18-20-38)35-52-26-23-44(53)51-48(52)58/h17-26,36,40-43H,5-16,27-35H2,1-4H3,(H,54,55)(H,51,53,58). The lowest BCUT2D eigenvalue weighted by atomic mass is 9.76. The molecule has 5 atom stereocenters. The third-order valence-corrected chi connectivity index (χ3v) is 14.3. The first-order valence-electron chi connectivity index (χ1n) is 23.1. The minimum atomic E-state index is -0.902. The van der Waals surface area contributed by atoms with Gasteiger partial charge in [0.1, 0.15) is 15.4 Å². The molecule has 2 aromatic heterocycles. The average Bonchev–Trinajstić information content (AvgIpc) is 3.28. The van der Waals surface area contributed by atoms with Crippen LogP contribution in [0.15, 0.2) is 70.6 Å². The van der Waals surface area contributed by atoms with Crippen LogP contribution < -0.4 is 11.2 Å². The summed E-state index contributed by atoms with van der Waals surface area (Å²) < 4.78 is 18.8. The maximum atomic E-state index is 14.2. The molecule has 2 N–H and O–H groups in total. The molecule has 3 rings (SSSR count). The molecule has 5 unspecified atom stereocenters. The topological polar surface area (TPSA) is 167 Å². The molecule has 0 saturated carbocycles. The van der Waals surface area contributed by atoms with Gasteiger partial charge >= 0.3 is 23.6 Å². The Bertz CT molecular complexity index is 1930. The Morgan fingerprint density at radius 2 is 1.36 bits per heavy atom. The molecule has 0 amide bonds. The van der Waals surface area contributed by atoms with Gasteiger partial charge in [0, 0.05) is 31.8 Å². The van der Waals surface area contributed by atoms with Crippen molar-refractivity contribution in [3.05, 3.63) is 98.6 Å². The number of hydrogen-bond acceptors (Lipinski definition) is 12. The number of carbonyl (C=O) groups is 3. The second-order valence-corrected chi connectivity index (χ2v) is 20.1. The Balaban J connectivity index is 1.92. The van der Waals surface area contributed by atoms with Crippen molar-refractivity contribution in [1.82, 2.24) is 14.5 Å². The molecule has 0 fully saturated rings. The summed E-state index contributed by atoms with van der Waals surface area (Å²) in [6.07, 6.45) is 20.0. The second kappa shape index (κ2) is 32.0. The number of aromatic nitrogens is 3. The van der Waals surface area contributed by atoms with Crippen molar-refractivity contribution in [3.63, 3.8) is 0 Å². The third kappa shape index (κ3) is 21.5. The van der Waals surface area contributed by atoms with E-state index in [1.165, 1.54) is 87.1 Å². The molecular weight excluding hydrogens is 871 g/mol. The molecule has 0 spiro atoms. The molecular formula is C49H71N3O9S3. The number of aliphatic carboxylic acids is 1. The molecule has 0 saturated heterocycles. The highest BCUT2D eigenvalue weighted by Gasteiger charge is 2.35. The van der Waals surface area contributed by atoms with Gasteiger partial charge in [0.2, 0.25) is 0 Å². The van der Waals surface area contributed by atoms with E-state index in [2.05, 4.69) is 16.9 Å². The summed E-state index contributed by atoms with van der Waals surface area (Å²) >= 11 is 8.71. The highest BCUT2D eigenvalue weighted by molar-refractivity contribution is 8.47. The number of hydrogen-bond donors (Lipinski definition) is 2. The Labute approximate surface area is 393 Å². The molecule has 2 heterocycles. The van der Waals surface area contributed by atoms with Crippen molar-refractivity contribution in [2.24, 2.45) is 11.8 Å². The van der Waals surface area contributed by atoms with Crippen LogP contribution in [-0.4, -0.2) is 79.0 Å². The van der Waals surface area contributed by atoms with Crippen molar-refractivity contribution < 1.29 is 33.7 Å². The van der Waals surface area contributed by atoms with Crippen LogP contribution in [0.4, 0.5) is 0 Å². The van der Waals surface area contributed by atoms with Crippen LogP contribution in [0.5, 0.6) is 0 Å². The number of thioether (sulfide) groups is 2. The maximum absolute atomic E-state index is 14.2. The molecule has 0 radical (unpaired) electrons. The normalized spacial score (nSPS) is 13.7. The number of benzene rings is 1. The van der Waals surface area contributed by atoms with Gasteiger partial charge in [0.05, 0.1) is 31.6 Å². The van der Waals surface area contributed by atoms with E-state index in [1.54, 1.807) is 31.1 Å². The number of carbonyl (C=O) groups excluding carboxylic acids is 2. The van der Waals surface area contributed by atoms with Crippen LogP contribution in [0.1, 0.15) is 152 Å². The van der Waals surface area contributed by atoms with Gasteiger partial charge in [-0.15, -0.1) is 11.8 Å². The zero-order chi connectivity index (χ0) is 46.5. The smallest absolute Gasteiger partial charge is 0.328 e. The van der Waals surface area contributed by atoms with Gasteiger partial charge in [-0.25, -0.2) is 4.79 Å². The zero-order valence-electron chi connectivity index (χ0n) is 38.3. The summed E-state index contributed by atoms with van der Waals surface area (Å²) in [5.74, 6) is -2.87. The molecule has 15 heteroatoms. The number of thiocarbonyl (C=S) groups is 1. The minimum Gasteiger partial charge on any atom is -0.481 e. The lowest BCUT2D eigenvalue weighted by molar-refractivity contribution is -0.151. The molecule has 0 aliphatic heterocycles. The first kappa shape index (κ1) is 54.5. The largest absolute Gasteiger partial charge is 0.481 e. The molecule has 0 bridgehead atoms. The number of ether oxygens (including phenoxy) is 3. The van der Waals surface area contributed by atoms with Crippen LogP contribution in [-0.2, 0) is 35.1 Å². The quantitative estimate of drug-likeness (QED) is 0.0337. The Morgan fingerprint density at radius 3 is 1.98 bits per heavy atom. The molecule has 12 nitrogen and oxygen atoms in total. The number of nitrogens with zero attached hydrogens (tertiary/aromatic N) is 2. The predicted molar refractivity (Wildman–Crippen MR) is 262 cm³/mol. The van der Waals surface area contributed by atoms with Gasteiger partial charge in [0.15, 0.2) is 0 Å². The molecule has 1 aromatic carbocycles. The fraction of sp³-hybridized carbons (Fsp3) is 0.612. The number of aromatic amines is 1. The minimum absolute atomic E-state index is 0.0387. The number of unbranched alkanes of at least 4 members (excludes halogenated alkanes) is 10. The van der Waals surface area contributed by atoms with Crippen molar-refractivity contribution >= 4 is 57.2 Å². The summed E-state index contributed by atoms with van der Waals surface area (Å²) in [6.45, 7) is 6.69. The van der Waals surface area contributed by atoms with Gasteiger partial charge in [0.25, 0.3) is 5.56 Å². The maximum Gasteiger partial charge on any atom is 0.328 e. The Hall–Kier alpha value is -3.79. The number of H-pyrrole nitrogens is 1. The summed E-state index contributed by atoms with van der Waals surface area (Å²) in [7, 11) is 1.53. The van der Waals surface area contributed by atoms with Crippen LogP contribution in [0, 0.1) is 11.8 Å². The van der Waals surface area contributed by atoms with E-state index in [0.717, 1.165) is 41.7 Å². The van der Waals surface area contributed by atoms with E-state index >= 15 is 0 Å². The molecule has 0 aliphatic rings. The fourth-order valence-electron chi connectivity index (χ4n) is 7.64. The highest BCUT2D eigenvalue weighted by Crippen LogP contribution is 2.40. The SMILES string of the molecule is CCCCCCCCCCCCSC(=S)SC(CC(CC(CC(CC(C)C(=O)O)c1ccncc1)c1ccc(Cn2ccc(=O)[nH]c2=O)cc1)C(=O)OCCOC)C(=O)OCCCC. The van der Waals surface area contributed by atoms with Crippen molar-refractivity contribution in [2.45, 2.75) is 147 Å². The zero-order valence-corrected chi connectivity index (χ0v) is 40.8. The first-order valence-corrected chi connectivity index (χ1v) is 25.4. The number of nitrogens with one attached hydrogen (secondary N) is 1. The van der Waals surface area contributed by atoms with E-state index in [1.807, 2.05) is 43.3 Å². The molecule has 64 heavy (non-hydrogen) atoms. The lowest BCUT2D eigenvalue weighted by Crippen LogP contribution is -2.30. The van der Waals surface area contributed by atoms with Crippen molar-refractivity contribution in [2.75, 3.05) is 32.7 Å². The lowest BCUT2D eigenvalue weighted by Gasteiger charge is -2.29. The summed E-state index contributed by atoms with van der Waals surface area (Å²) in [6, 6.07) is 12.8. The summed E-state index contributed by atoms with van der Waals surface area (Å²) in [5, 5.41) is 9.23. The van der Waals surface area contributed by atoms with Gasteiger partial charge in [-0.2, -0.15) is 0 Å². The fourth-order valence-corrected chi connectivity index (χ4v) is 10.3. The first-order chi connectivity index (χ1) is 30.9. The van der Waals surface area contributed by atoms with E-state index in [0.29, 0.717) is 22.8 Å². The van der Waals surface area contributed by atoms with Gasteiger partial charge in [-0.05, 0) is 84.9 Å². The number of methoxy groups -OCH3 is 1. The van der Waals surface area contributed by atoms with Gasteiger partial charge < -0.3 is 19.3 Å². The van der Waals surface area contributed by atoms with E-state index < -0.39 is 46.2 Å². The number of carboxylic acids is 1. The Kier molecular flexibility index (Phi) is 27.3. The van der Waals surface area contributed by atoms with Gasteiger partial charge in [-0.1, -0.05) is 133 Å². The van der Waals surface area contributed by atoms with Crippen LogP contribution >= 0.6 is 35.7 Å². The summed E-state index contributed by atoms with van der Waals surface area (Å²) in [4.78, 5) is 70.9. The predicted octanol–water partition coefficient (Wildman–Crippen LogP) is 10.3. The van der Waals surface area contributed by atoms with Gasteiger partial charge in [-0.3, -0.25) is 33.7 Å².